The molecule has 5 nitrogen and oxygen atoms in total. The number of rotatable bonds is 5. The number of allylic oxidation sites excluding steroid dienone is 1. The minimum absolute atomic E-state index is 0.489. The second-order valence-electron chi connectivity index (χ2n) is 5.27. The topological polar surface area (TPSA) is 87.7 Å². The van der Waals surface area contributed by atoms with Crippen molar-refractivity contribution in [1.29, 1.82) is 5.41 Å². The number of nitrogens with one attached hydrogen (secondary N) is 2. The quantitative estimate of drug-likeness (QED) is 0.583. The predicted molar refractivity (Wildman–Crippen MR) is 94.1 cm³/mol. The molecule has 2 heterocycles. The Balaban J connectivity index is 2.20. The number of hydrogen-bond donors (Lipinski definition) is 3. The zero-order chi connectivity index (χ0) is 15.5. The molecule has 4 N–H and O–H groups in total. The summed E-state index contributed by atoms with van der Waals surface area (Å²) >= 11 is 1.73. The molecule has 1 aliphatic rings. The molecule has 0 saturated heterocycles. The molecule has 7 heteroatoms. The van der Waals surface area contributed by atoms with Crippen LogP contribution < -0.4 is 11.1 Å². The van der Waals surface area contributed by atoms with Gasteiger partial charge in [-0.25, -0.2) is 9.97 Å². The minimum Gasteiger partial charge on any atom is -0.368 e. The summed E-state index contributed by atoms with van der Waals surface area (Å²) in [6.07, 6.45) is 5.83. The van der Waals surface area contributed by atoms with Crippen LogP contribution in [0, 0.1) is 5.41 Å². The Labute approximate surface area is 135 Å². The van der Waals surface area contributed by atoms with E-state index in [1.807, 2.05) is 0 Å². The molecule has 2 aromatic heterocycles. The number of aromatic nitrogens is 2. The van der Waals surface area contributed by atoms with Gasteiger partial charge in [0.2, 0.25) is 0 Å². The van der Waals surface area contributed by atoms with Gasteiger partial charge in [-0.15, -0.1) is 17.3 Å². The SMILES string of the molecule is [B]/C=C(\C=N)c1nc(NCCN)c2c3c(sc2n1)CCCC3. The molecule has 2 radical (unpaired) electrons. The first-order valence-corrected chi connectivity index (χ1v) is 8.29. The second-order valence-corrected chi connectivity index (χ2v) is 6.35. The maximum atomic E-state index is 7.45. The fraction of sp³-hybridized carbons (Fsp3) is 0.400. The number of nitrogens with zero attached hydrogens (tertiary/aromatic N) is 2. The second kappa shape index (κ2) is 6.58. The van der Waals surface area contributed by atoms with Crippen LogP contribution in [0.2, 0.25) is 0 Å². The lowest BCUT2D eigenvalue weighted by Gasteiger charge is -2.13. The largest absolute Gasteiger partial charge is 0.368 e. The maximum absolute atomic E-state index is 7.45. The summed E-state index contributed by atoms with van der Waals surface area (Å²) in [7, 11) is 5.58. The van der Waals surface area contributed by atoms with Crippen molar-refractivity contribution >= 4 is 47.0 Å². The highest BCUT2D eigenvalue weighted by Gasteiger charge is 2.21. The van der Waals surface area contributed by atoms with Crippen LogP contribution in [0.25, 0.3) is 15.8 Å². The van der Waals surface area contributed by atoms with Crippen molar-refractivity contribution in [2.24, 2.45) is 5.73 Å². The van der Waals surface area contributed by atoms with Gasteiger partial charge in [0.1, 0.15) is 18.5 Å². The van der Waals surface area contributed by atoms with Gasteiger partial charge >= 0.3 is 0 Å². The van der Waals surface area contributed by atoms with Crippen LogP contribution in [0.4, 0.5) is 5.82 Å². The van der Waals surface area contributed by atoms with Crippen LogP contribution in [-0.4, -0.2) is 37.1 Å². The highest BCUT2D eigenvalue weighted by atomic mass is 32.1. The Morgan fingerprint density at radius 3 is 2.91 bits per heavy atom. The van der Waals surface area contributed by atoms with E-state index in [-0.39, 0.29) is 0 Å². The molecule has 3 rings (SSSR count). The van der Waals surface area contributed by atoms with E-state index in [4.69, 9.17) is 19.0 Å². The smallest absolute Gasteiger partial charge is 0.163 e. The Hall–Kier alpha value is -1.73. The van der Waals surface area contributed by atoms with E-state index in [2.05, 4.69) is 15.3 Å². The summed E-state index contributed by atoms with van der Waals surface area (Å²) in [5.41, 5.74) is 7.51. The van der Waals surface area contributed by atoms with E-state index in [1.54, 1.807) is 11.3 Å². The molecule has 0 amide bonds. The van der Waals surface area contributed by atoms with Crippen molar-refractivity contribution in [3.63, 3.8) is 0 Å². The molecule has 0 unspecified atom stereocenters. The third-order valence-electron chi connectivity index (χ3n) is 3.84. The zero-order valence-electron chi connectivity index (χ0n) is 12.4. The molecular formula is C15H18BN5S. The summed E-state index contributed by atoms with van der Waals surface area (Å²) in [6.45, 7) is 1.19. The number of thiophene rings is 1. The molecule has 0 saturated carbocycles. The fourth-order valence-electron chi connectivity index (χ4n) is 2.79. The molecule has 1 aliphatic carbocycles. The van der Waals surface area contributed by atoms with E-state index >= 15 is 0 Å². The summed E-state index contributed by atoms with van der Waals surface area (Å²) < 4.78 is 0. The molecule has 0 aliphatic heterocycles. The molecule has 0 aromatic carbocycles. The van der Waals surface area contributed by atoms with Gasteiger partial charge in [-0.3, -0.25) is 0 Å². The average molecular weight is 311 g/mol. The third kappa shape index (κ3) is 2.66. The lowest BCUT2D eigenvalue weighted by molar-refractivity contribution is 0.700. The van der Waals surface area contributed by atoms with E-state index in [0.29, 0.717) is 24.5 Å². The highest BCUT2D eigenvalue weighted by Crippen LogP contribution is 2.38. The summed E-state index contributed by atoms with van der Waals surface area (Å²) in [4.78, 5) is 11.6. The molecule has 0 spiro atoms. The van der Waals surface area contributed by atoms with Crippen LogP contribution in [0.5, 0.6) is 0 Å². The van der Waals surface area contributed by atoms with Gasteiger partial charge in [0.25, 0.3) is 0 Å². The van der Waals surface area contributed by atoms with Gasteiger partial charge < -0.3 is 16.5 Å². The Morgan fingerprint density at radius 1 is 1.36 bits per heavy atom. The third-order valence-corrected chi connectivity index (χ3v) is 5.03. The Kier molecular flexibility index (Phi) is 4.54. The monoisotopic (exact) mass is 311 g/mol. The molecule has 0 atom stereocenters. The van der Waals surface area contributed by atoms with Crippen molar-refractivity contribution in [2.45, 2.75) is 25.7 Å². The summed E-state index contributed by atoms with van der Waals surface area (Å²) in [5, 5.41) is 11.9. The van der Waals surface area contributed by atoms with Crippen LogP contribution >= 0.6 is 11.3 Å². The van der Waals surface area contributed by atoms with Crippen LogP contribution in [-0.2, 0) is 12.8 Å². The standard InChI is InChI=1S/C15H18BN5S/c16-7-9(8-18)13-20-14(19-6-5-17)12-10-3-1-2-4-11(10)22-15(12)21-13/h7-8,18H,1-6,17H2,(H,19,20,21)/b9-7+,18-8?. The minimum atomic E-state index is 0.489. The van der Waals surface area contributed by atoms with Gasteiger partial charge in [0, 0.05) is 29.8 Å². The average Bonchev–Trinajstić information content (AvgIpc) is 2.92. The molecule has 0 fully saturated rings. The molecule has 2 aromatic rings. The summed E-state index contributed by atoms with van der Waals surface area (Å²) in [5.74, 6) is 2.67. The number of anilines is 1. The van der Waals surface area contributed by atoms with Gasteiger partial charge in [-0.1, -0.05) is 0 Å². The van der Waals surface area contributed by atoms with Gasteiger partial charge in [0.15, 0.2) is 5.82 Å². The van der Waals surface area contributed by atoms with Gasteiger partial charge in [-0.2, -0.15) is 0 Å². The van der Waals surface area contributed by atoms with E-state index in [9.17, 15) is 0 Å². The lowest BCUT2D eigenvalue weighted by Crippen LogP contribution is -2.15. The van der Waals surface area contributed by atoms with Gasteiger partial charge in [0.05, 0.1) is 5.39 Å². The van der Waals surface area contributed by atoms with Crippen molar-refractivity contribution < 1.29 is 0 Å². The molecule has 112 valence electrons. The van der Waals surface area contributed by atoms with Crippen LogP contribution in [0.3, 0.4) is 0 Å². The first-order chi connectivity index (χ1) is 10.8. The highest BCUT2D eigenvalue weighted by molar-refractivity contribution is 7.19. The van der Waals surface area contributed by atoms with Crippen molar-refractivity contribution in [3.05, 3.63) is 22.2 Å². The Morgan fingerprint density at radius 2 is 2.18 bits per heavy atom. The number of nitrogens with two attached hydrogens (primary N) is 1. The van der Waals surface area contributed by atoms with Crippen molar-refractivity contribution in [1.82, 2.24) is 9.97 Å². The van der Waals surface area contributed by atoms with E-state index in [1.165, 1.54) is 35.5 Å². The molecular weight excluding hydrogens is 293 g/mol. The van der Waals surface area contributed by atoms with Crippen molar-refractivity contribution in [2.75, 3.05) is 18.4 Å². The molecule has 0 bridgehead atoms. The van der Waals surface area contributed by atoms with Crippen LogP contribution in [0.15, 0.2) is 5.98 Å². The first kappa shape index (κ1) is 15.2. The van der Waals surface area contributed by atoms with E-state index in [0.717, 1.165) is 28.9 Å². The molecule has 22 heavy (non-hydrogen) atoms. The maximum Gasteiger partial charge on any atom is 0.163 e. The van der Waals surface area contributed by atoms with Gasteiger partial charge in [-0.05, 0) is 31.2 Å². The number of fused-ring (bicyclic) bond motifs is 3. The Bertz CT molecular complexity index is 737. The zero-order valence-corrected chi connectivity index (χ0v) is 13.2. The lowest BCUT2D eigenvalue weighted by atomic mass is 9.97. The normalized spacial score (nSPS) is 14.9. The first-order valence-electron chi connectivity index (χ1n) is 7.47. The fourth-order valence-corrected chi connectivity index (χ4v) is 4.05. The van der Waals surface area contributed by atoms with E-state index < -0.39 is 0 Å². The number of aryl methyl sites for hydroxylation is 2. The predicted octanol–water partition coefficient (Wildman–Crippen LogP) is 2.10. The van der Waals surface area contributed by atoms with Crippen molar-refractivity contribution in [3.8, 4) is 0 Å². The number of hydrogen-bond acceptors (Lipinski definition) is 6. The summed E-state index contributed by atoms with van der Waals surface area (Å²) in [6, 6.07) is 0. The van der Waals surface area contributed by atoms with Crippen LogP contribution in [0.1, 0.15) is 29.1 Å².